The Morgan fingerprint density at radius 1 is 1.47 bits per heavy atom. The monoisotopic (exact) mass is 226 g/mol. The first-order valence-corrected chi connectivity index (χ1v) is 5.19. The highest BCUT2D eigenvalue weighted by Crippen LogP contribution is 2.15. The lowest BCUT2D eigenvalue weighted by molar-refractivity contribution is 0.411. The molecule has 0 atom stereocenters. The number of halogens is 2. The van der Waals surface area contributed by atoms with E-state index in [2.05, 4.69) is 11.8 Å². The molecule has 1 nitrogen and oxygen atoms in total. The van der Waals surface area contributed by atoms with E-state index in [9.17, 15) is 4.39 Å². The van der Waals surface area contributed by atoms with Crippen molar-refractivity contribution in [2.75, 3.05) is 13.0 Å². The number of hydrogen-bond donors (Lipinski definition) is 0. The number of rotatable bonds is 3. The van der Waals surface area contributed by atoms with Crippen molar-refractivity contribution < 1.29 is 9.13 Å². The van der Waals surface area contributed by atoms with E-state index in [0.29, 0.717) is 23.6 Å². The molecule has 0 aliphatic heterocycles. The van der Waals surface area contributed by atoms with Gasteiger partial charge in [-0.3, -0.25) is 0 Å². The lowest BCUT2D eigenvalue weighted by atomic mass is 10.2. The summed E-state index contributed by atoms with van der Waals surface area (Å²) in [5.74, 6) is 6.35. The molecule has 0 aromatic heterocycles. The highest BCUT2D eigenvalue weighted by molar-refractivity contribution is 6.17. The Hall–Kier alpha value is -1.20. The Labute approximate surface area is 94.2 Å². The van der Waals surface area contributed by atoms with Crippen molar-refractivity contribution in [2.24, 2.45) is 0 Å². The molecule has 3 heteroatoms. The summed E-state index contributed by atoms with van der Waals surface area (Å²) < 4.78 is 18.2. The molecule has 80 valence electrons. The van der Waals surface area contributed by atoms with Crippen molar-refractivity contribution in [3.8, 4) is 17.6 Å². The molecule has 0 aliphatic rings. The predicted molar refractivity (Wildman–Crippen MR) is 59.8 cm³/mol. The molecule has 1 aromatic rings. The van der Waals surface area contributed by atoms with Crippen LogP contribution in [0.25, 0.3) is 0 Å². The van der Waals surface area contributed by atoms with E-state index in [0.717, 1.165) is 6.42 Å². The van der Waals surface area contributed by atoms with Crippen molar-refractivity contribution in [2.45, 2.75) is 12.8 Å². The van der Waals surface area contributed by atoms with Crippen LogP contribution in [0.2, 0.25) is 0 Å². The van der Waals surface area contributed by atoms with Gasteiger partial charge in [0.1, 0.15) is 11.6 Å². The number of ether oxygens (including phenoxy) is 1. The van der Waals surface area contributed by atoms with Crippen LogP contribution in [0.4, 0.5) is 4.39 Å². The fraction of sp³-hybridized carbons (Fsp3) is 0.333. The van der Waals surface area contributed by atoms with Gasteiger partial charge in [-0.1, -0.05) is 11.8 Å². The molecular weight excluding hydrogens is 215 g/mol. The van der Waals surface area contributed by atoms with Gasteiger partial charge in [-0.25, -0.2) is 4.39 Å². The molecule has 0 spiro atoms. The van der Waals surface area contributed by atoms with Gasteiger partial charge in [0.2, 0.25) is 0 Å². The van der Waals surface area contributed by atoms with Crippen LogP contribution in [0, 0.1) is 17.7 Å². The van der Waals surface area contributed by atoms with E-state index in [1.54, 1.807) is 12.1 Å². The molecule has 0 saturated heterocycles. The second-order valence-electron chi connectivity index (χ2n) is 2.94. The number of hydrogen-bond acceptors (Lipinski definition) is 1. The standard InChI is InChI=1S/C12H12ClFO/c1-15-11-7-6-10(12(14)9-11)5-3-2-4-8-13/h6-7,9H,2,4,8H2,1H3. The minimum Gasteiger partial charge on any atom is -0.497 e. The molecular formula is C12H12ClFO. The molecule has 1 rings (SSSR count). The van der Waals surface area contributed by atoms with E-state index in [1.807, 2.05) is 0 Å². The van der Waals surface area contributed by atoms with Gasteiger partial charge in [0, 0.05) is 18.4 Å². The molecule has 0 saturated carbocycles. The quantitative estimate of drug-likeness (QED) is 0.437. The number of benzene rings is 1. The summed E-state index contributed by atoms with van der Waals surface area (Å²) in [5, 5.41) is 0. The topological polar surface area (TPSA) is 9.23 Å². The fourth-order valence-electron chi connectivity index (χ4n) is 1.04. The average Bonchev–Trinajstić information content (AvgIpc) is 2.26. The summed E-state index contributed by atoms with van der Waals surface area (Å²) in [6, 6.07) is 4.63. The van der Waals surface area contributed by atoms with Crippen molar-refractivity contribution in [1.29, 1.82) is 0 Å². The van der Waals surface area contributed by atoms with E-state index < -0.39 is 0 Å². The van der Waals surface area contributed by atoms with Crippen LogP contribution >= 0.6 is 11.6 Å². The highest BCUT2D eigenvalue weighted by Gasteiger charge is 2.00. The van der Waals surface area contributed by atoms with Crippen LogP contribution in [0.3, 0.4) is 0 Å². The summed E-state index contributed by atoms with van der Waals surface area (Å²) in [4.78, 5) is 0. The summed E-state index contributed by atoms with van der Waals surface area (Å²) in [6.45, 7) is 0. The van der Waals surface area contributed by atoms with Gasteiger partial charge in [0.05, 0.1) is 12.7 Å². The third kappa shape index (κ3) is 3.81. The van der Waals surface area contributed by atoms with Crippen molar-refractivity contribution in [3.63, 3.8) is 0 Å². The number of unbranched alkanes of at least 4 members (excludes halogenated alkanes) is 1. The van der Waals surface area contributed by atoms with Crippen LogP contribution in [0.15, 0.2) is 18.2 Å². The third-order valence-electron chi connectivity index (χ3n) is 1.83. The lowest BCUT2D eigenvalue weighted by Gasteiger charge is -1.99. The second-order valence-corrected chi connectivity index (χ2v) is 3.32. The molecule has 0 unspecified atom stereocenters. The first-order valence-electron chi connectivity index (χ1n) is 4.66. The molecule has 0 aliphatic carbocycles. The zero-order valence-corrected chi connectivity index (χ0v) is 9.27. The van der Waals surface area contributed by atoms with Crippen molar-refractivity contribution in [3.05, 3.63) is 29.6 Å². The number of alkyl halides is 1. The van der Waals surface area contributed by atoms with Crippen molar-refractivity contribution >= 4 is 11.6 Å². The SMILES string of the molecule is COc1ccc(C#CCCCCl)c(F)c1. The maximum Gasteiger partial charge on any atom is 0.142 e. The first kappa shape index (κ1) is 11.9. The van der Waals surface area contributed by atoms with Gasteiger partial charge in [-0.05, 0) is 18.6 Å². The summed E-state index contributed by atoms with van der Waals surface area (Å²) in [5.41, 5.74) is 0.394. The van der Waals surface area contributed by atoms with Gasteiger partial charge < -0.3 is 4.74 Å². The molecule has 0 radical (unpaired) electrons. The Kier molecular flexibility index (Phi) is 5.00. The van der Waals surface area contributed by atoms with E-state index >= 15 is 0 Å². The average molecular weight is 227 g/mol. The first-order chi connectivity index (χ1) is 7.27. The summed E-state index contributed by atoms with van der Waals surface area (Å²) in [6.07, 6.45) is 1.52. The van der Waals surface area contributed by atoms with E-state index in [4.69, 9.17) is 16.3 Å². The third-order valence-corrected chi connectivity index (χ3v) is 2.10. The van der Waals surface area contributed by atoms with Gasteiger partial charge in [0.15, 0.2) is 0 Å². The molecule has 15 heavy (non-hydrogen) atoms. The highest BCUT2D eigenvalue weighted by atomic mass is 35.5. The fourth-order valence-corrected chi connectivity index (χ4v) is 1.17. The largest absolute Gasteiger partial charge is 0.497 e. The molecule has 0 heterocycles. The Morgan fingerprint density at radius 3 is 2.87 bits per heavy atom. The van der Waals surface area contributed by atoms with Crippen molar-refractivity contribution in [1.82, 2.24) is 0 Å². The van der Waals surface area contributed by atoms with E-state index in [-0.39, 0.29) is 5.82 Å². The summed E-state index contributed by atoms with van der Waals surface area (Å²) >= 11 is 5.50. The number of methoxy groups -OCH3 is 1. The van der Waals surface area contributed by atoms with Crippen LogP contribution in [0.5, 0.6) is 5.75 Å². The maximum absolute atomic E-state index is 13.3. The molecule has 0 N–H and O–H groups in total. The Bertz CT molecular complexity index is 379. The normalized spacial score (nSPS) is 9.27. The summed E-state index contributed by atoms with van der Waals surface area (Å²) in [7, 11) is 1.50. The van der Waals surface area contributed by atoms with Crippen LogP contribution in [-0.4, -0.2) is 13.0 Å². The van der Waals surface area contributed by atoms with Crippen LogP contribution < -0.4 is 4.74 Å². The Morgan fingerprint density at radius 2 is 2.27 bits per heavy atom. The molecule has 0 amide bonds. The smallest absolute Gasteiger partial charge is 0.142 e. The second kappa shape index (κ2) is 6.31. The lowest BCUT2D eigenvalue weighted by Crippen LogP contribution is -1.87. The molecule has 0 bridgehead atoms. The van der Waals surface area contributed by atoms with Gasteiger partial charge in [-0.2, -0.15) is 0 Å². The zero-order chi connectivity index (χ0) is 11.1. The van der Waals surface area contributed by atoms with Gasteiger partial charge in [0.25, 0.3) is 0 Å². The van der Waals surface area contributed by atoms with Gasteiger partial charge in [-0.15, -0.1) is 11.6 Å². The minimum absolute atomic E-state index is 0.354. The predicted octanol–water partition coefficient (Wildman–Crippen LogP) is 3.20. The van der Waals surface area contributed by atoms with Gasteiger partial charge >= 0.3 is 0 Å². The zero-order valence-electron chi connectivity index (χ0n) is 8.52. The molecule has 0 fully saturated rings. The molecule has 1 aromatic carbocycles. The van der Waals surface area contributed by atoms with Crippen LogP contribution in [-0.2, 0) is 0 Å². The van der Waals surface area contributed by atoms with Crippen LogP contribution in [0.1, 0.15) is 18.4 Å². The Balaban J connectivity index is 2.72. The maximum atomic E-state index is 13.3. The minimum atomic E-state index is -0.354. The van der Waals surface area contributed by atoms with E-state index in [1.165, 1.54) is 13.2 Å².